The maximum absolute atomic E-state index is 11.7. The Hall–Kier alpha value is -0.610. The molecule has 0 aromatic rings. The molecule has 2 fully saturated rings. The quantitative estimate of drug-likeness (QED) is 0.816. The molecule has 0 aliphatic carbocycles. The van der Waals surface area contributed by atoms with E-state index in [1.807, 2.05) is 13.8 Å². The lowest BCUT2D eigenvalue weighted by molar-refractivity contribution is -0.124. The third-order valence-electron chi connectivity index (χ3n) is 5.69. The molecule has 2 saturated heterocycles. The van der Waals surface area contributed by atoms with Gasteiger partial charge in [0.15, 0.2) is 0 Å². The summed E-state index contributed by atoms with van der Waals surface area (Å²) in [5.74, 6) is 1.87. The first-order chi connectivity index (χ1) is 11.0. The monoisotopic (exact) mass is 323 g/mol. The first-order valence-electron chi connectivity index (χ1n) is 9.69. The van der Waals surface area contributed by atoms with Crippen molar-refractivity contribution in [3.8, 4) is 0 Å². The van der Waals surface area contributed by atoms with Gasteiger partial charge in [-0.05, 0) is 77.5 Å². The van der Waals surface area contributed by atoms with E-state index in [1.165, 1.54) is 58.4 Å². The fourth-order valence-corrected chi connectivity index (χ4v) is 3.84. The fraction of sp³-hybridized carbons (Fsp3) is 0.947. The van der Waals surface area contributed by atoms with Gasteiger partial charge >= 0.3 is 0 Å². The molecule has 2 heterocycles. The van der Waals surface area contributed by atoms with Gasteiger partial charge in [0.1, 0.15) is 0 Å². The highest BCUT2D eigenvalue weighted by molar-refractivity contribution is 5.77. The summed E-state index contributed by atoms with van der Waals surface area (Å²) in [5.41, 5.74) is 0. The zero-order chi connectivity index (χ0) is 16.8. The summed E-state index contributed by atoms with van der Waals surface area (Å²) in [6.07, 6.45) is 5.21. The average molecular weight is 324 g/mol. The second-order valence-corrected chi connectivity index (χ2v) is 8.22. The van der Waals surface area contributed by atoms with Crippen LogP contribution in [0.1, 0.15) is 53.4 Å². The van der Waals surface area contributed by atoms with Gasteiger partial charge in [0.2, 0.25) is 5.91 Å². The predicted octanol–water partition coefficient (Wildman–Crippen LogP) is 2.59. The molecule has 2 aliphatic heterocycles. The molecule has 134 valence electrons. The zero-order valence-corrected chi connectivity index (χ0v) is 15.7. The lowest BCUT2D eigenvalue weighted by Gasteiger charge is -2.38. The van der Waals surface area contributed by atoms with Gasteiger partial charge in [-0.2, -0.15) is 0 Å². The Labute approximate surface area is 143 Å². The molecule has 1 amide bonds. The second-order valence-electron chi connectivity index (χ2n) is 8.22. The molecule has 2 rings (SSSR count). The van der Waals surface area contributed by atoms with Crippen molar-refractivity contribution in [3.63, 3.8) is 0 Å². The van der Waals surface area contributed by atoms with Gasteiger partial charge in [0, 0.05) is 25.0 Å². The Morgan fingerprint density at radius 2 is 1.52 bits per heavy atom. The number of amides is 1. The molecular formula is C19H37N3O. The molecule has 4 heteroatoms. The number of rotatable bonds is 6. The number of carbonyl (C=O) groups is 1. The molecule has 0 saturated carbocycles. The van der Waals surface area contributed by atoms with Gasteiger partial charge in [0.05, 0.1) is 0 Å². The largest absolute Gasteiger partial charge is 0.356 e. The smallest absolute Gasteiger partial charge is 0.222 e. The van der Waals surface area contributed by atoms with E-state index in [-0.39, 0.29) is 11.8 Å². The molecule has 0 aromatic heterocycles. The van der Waals surface area contributed by atoms with Gasteiger partial charge in [-0.25, -0.2) is 0 Å². The number of nitrogens with one attached hydrogen (secondary N) is 1. The Morgan fingerprint density at radius 3 is 2.04 bits per heavy atom. The minimum atomic E-state index is 0.104. The Bertz CT molecular complexity index is 354. The van der Waals surface area contributed by atoms with Crippen molar-refractivity contribution in [2.45, 2.75) is 59.4 Å². The molecule has 0 unspecified atom stereocenters. The van der Waals surface area contributed by atoms with Crippen LogP contribution in [0, 0.1) is 17.8 Å². The molecular weight excluding hydrogens is 286 g/mol. The van der Waals surface area contributed by atoms with E-state index < -0.39 is 0 Å². The average Bonchev–Trinajstić information content (AvgIpc) is 2.54. The van der Waals surface area contributed by atoms with Crippen molar-refractivity contribution in [3.05, 3.63) is 0 Å². The van der Waals surface area contributed by atoms with Crippen molar-refractivity contribution >= 4 is 5.91 Å². The van der Waals surface area contributed by atoms with E-state index in [4.69, 9.17) is 0 Å². The number of nitrogens with zero attached hydrogens (tertiary/aromatic N) is 2. The van der Waals surface area contributed by atoms with E-state index in [2.05, 4.69) is 29.0 Å². The Kier molecular flexibility index (Phi) is 7.35. The summed E-state index contributed by atoms with van der Waals surface area (Å²) in [5, 5.41) is 3.10. The van der Waals surface area contributed by atoms with Crippen molar-refractivity contribution in [1.29, 1.82) is 0 Å². The lowest BCUT2D eigenvalue weighted by atomic mass is 9.92. The van der Waals surface area contributed by atoms with Gasteiger partial charge in [-0.3, -0.25) is 4.79 Å². The summed E-state index contributed by atoms with van der Waals surface area (Å²) in [4.78, 5) is 16.9. The van der Waals surface area contributed by atoms with Crippen LogP contribution < -0.4 is 5.32 Å². The Morgan fingerprint density at radius 1 is 0.957 bits per heavy atom. The van der Waals surface area contributed by atoms with E-state index in [1.54, 1.807) is 0 Å². The first-order valence-corrected chi connectivity index (χ1v) is 9.69. The molecule has 0 atom stereocenters. The predicted molar refractivity (Wildman–Crippen MR) is 96.4 cm³/mol. The van der Waals surface area contributed by atoms with Crippen LogP contribution in [0.5, 0.6) is 0 Å². The van der Waals surface area contributed by atoms with Crippen LogP contribution in [0.2, 0.25) is 0 Å². The summed E-state index contributed by atoms with van der Waals surface area (Å²) in [6.45, 7) is 15.7. The number of hydrogen-bond donors (Lipinski definition) is 1. The highest BCUT2D eigenvalue weighted by Crippen LogP contribution is 2.23. The molecule has 0 radical (unpaired) electrons. The zero-order valence-electron chi connectivity index (χ0n) is 15.7. The molecule has 23 heavy (non-hydrogen) atoms. The van der Waals surface area contributed by atoms with Crippen LogP contribution in [-0.2, 0) is 4.79 Å². The molecule has 0 bridgehead atoms. The van der Waals surface area contributed by atoms with Crippen molar-refractivity contribution < 1.29 is 4.79 Å². The SMILES string of the molecule is CC(C)C(=O)NCC1CCN(CC2CCN(C(C)C)CC2)CC1. The maximum Gasteiger partial charge on any atom is 0.222 e. The van der Waals surface area contributed by atoms with Crippen LogP contribution in [0.4, 0.5) is 0 Å². The number of likely N-dealkylation sites (tertiary alicyclic amines) is 2. The summed E-state index contributed by atoms with van der Waals surface area (Å²) >= 11 is 0. The topological polar surface area (TPSA) is 35.6 Å². The molecule has 0 spiro atoms. The van der Waals surface area contributed by atoms with Crippen LogP contribution in [0.15, 0.2) is 0 Å². The standard InChI is InChI=1S/C19H37N3O/c1-15(2)19(23)20-13-17-5-9-21(10-6-17)14-18-7-11-22(12-8-18)16(3)4/h15-18H,5-14H2,1-4H3,(H,20,23). The fourth-order valence-electron chi connectivity index (χ4n) is 3.84. The van der Waals surface area contributed by atoms with Gasteiger partial charge < -0.3 is 15.1 Å². The normalized spacial score (nSPS) is 22.9. The number of hydrogen-bond acceptors (Lipinski definition) is 3. The van der Waals surface area contributed by atoms with Crippen molar-refractivity contribution in [1.82, 2.24) is 15.1 Å². The minimum absolute atomic E-state index is 0.104. The van der Waals surface area contributed by atoms with Gasteiger partial charge in [-0.1, -0.05) is 13.8 Å². The van der Waals surface area contributed by atoms with Crippen molar-refractivity contribution in [2.24, 2.45) is 17.8 Å². The Balaban J connectivity index is 1.61. The van der Waals surface area contributed by atoms with E-state index >= 15 is 0 Å². The molecule has 1 N–H and O–H groups in total. The molecule has 2 aliphatic rings. The lowest BCUT2D eigenvalue weighted by Crippen LogP contribution is -2.44. The van der Waals surface area contributed by atoms with E-state index in [9.17, 15) is 4.79 Å². The molecule has 4 nitrogen and oxygen atoms in total. The molecule has 0 aromatic carbocycles. The van der Waals surface area contributed by atoms with Crippen LogP contribution in [0.3, 0.4) is 0 Å². The highest BCUT2D eigenvalue weighted by atomic mass is 16.1. The summed E-state index contributed by atoms with van der Waals surface area (Å²) < 4.78 is 0. The van der Waals surface area contributed by atoms with E-state index in [0.717, 1.165) is 12.5 Å². The van der Waals surface area contributed by atoms with Crippen molar-refractivity contribution in [2.75, 3.05) is 39.3 Å². The number of piperidine rings is 2. The second kappa shape index (κ2) is 9.03. The van der Waals surface area contributed by atoms with E-state index in [0.29, 0.717) is 12.0 Å². The van der Waals surface area contributed by atoms with Gasteiger partial charge in [-0.15, -0.1) is 0 Å². The summed E-state index contributed by atoms with van der Waals surface area (Å²) in [7, 11) is 0. The third-order valence-corrected chi connectivity index (χ3v) is 5.69. The highest BCUT2D eigenvalue weighted by Gasteiger charge is 2.25. The summed E-state index contributed by atoms with van der Waals surface area (Å²) in [6, 6.07) is 0.702. The number of carbonyl (C=O) groups excluding carboxylic acids is 1. The third kappa shape index (κ3) is 6.07. The van der Waals surface area contributed by atoms with Crippen LogP contribution >= 0.6 is 0 Å². The first kappa shape index (κ1) is 18.7. The maximum atomic E-state index is 11.7. The minimum Gasteiger partial charge on any atom is -0.356 e. The van der Waals surface area contributed by atoms with Gasteiger partial charge in [0.25, 0.3) is 0 Å². The van der Waals surface area contributed by atoms with Crippen LogP contribution in [-0.4, -0.2) is 61.0 Å². The van der Waals surface area contributed by atoms with Crippen LogP contribution in [0.25, 0.3) is 0 Å².